The van der Waals surface area contributed by atoms with Crippen molar-refractivity contribution < 1.29 is 4.74 Å². The molecule has 0 saturated heterocycles. The van der Waals surface area contributed by atoms with Crippen molar-refractivity contribution in [1.29, 1.82) is 0 Å². The fraction of sp³-hybridized carbons (Fsp3) is 0.200. The first kappa shape index (κ1) is 8.91. The molecular formula is C10H10OS2. The van der Waals surface area contributed by atoms with Crippen LogP contribution in [0, 0.1) is 6.92 Å². The van der Waals surface area contributed by atoms with Gasteiger partial charge in [-0.15, -0.1) is 24.0 Å². The van der Waals surface area contributed by atoms with Gasteiger partial charge in [-0.1, -0.05) is 0 Å². The van der Waals surface area contributed by atoms with Crippen molar-refractivity contribution in [2.75, 3.05) is 7.11 Å². The number of benzene rings is 1. The number of aryl methyl sites for hydroxylation is 1. The summed E-state index contributed by atoms with van der Waals surface area (Å²) in [5, 5.41) is 3.23. The smallest absolute Gasteiger partial charge is 0.137 e. The summed E-state index contributed by atoms with van der Waals surface area (Å²) in [6.07, 6.45) is 0. The number of rotatable bonds is 1. The standard InChI is InChI=1S/C10H10OS2/c1-6-8(12)3-4-9-10(6)7(11-2)5-13-9/h3-5,12H,1-2H3. The molecule has 0 N–H and O–H groups in total. The van der Waals surface area contributed by atoms with E-state index in [1.54, 1.807) is 18.4 Å². The summed E-state index contributed by atoms with van der Waals surface area (Å²) >= 11 is 6.09. The average Bonchev–Trinajstić information content (AvgIpc) is 2.55. The molecule has 0 saturated carbocycles. The second kappa shape index (κ2) is 3.24. The second-order valence-corrected chi connectivity index (χ2v) is 4.28. The van der Waals surface area contributed by atoms with Crippen molar-refractivity contribution in [3.63, 3.8) is 0 Å². The van der Waals surface area contributed by atoms with E-state index < -0.39 is 0 Å². The van der Waals surface area contributed by atoms with Crippen LogP contribution in [0.1, 0.15) is 5.56 Å². The lowest BCUT2D eigenvalue weighted by Gasteiger charge is -2.02. The Morgan fingerprint density at radius 3 is 2.85 bits per heavy atom. The SMILES string of the molecule is COc1csc2ccc(S)c(C)c12. The lowest BCUT2D eigenvalue weighted by Crippen LogP contribution is -1.83. The Morgan fingerprint density at radius 1 is 1.38 bits per heavy atom. The summed E-state index contributed by atoms with van der Waals surface area (Å²) in [4.78, 5) is 1.02. The Bertz CT molecular complexity index is 445. The van der Waals surface area contributed by atoms with Gasteiger partial charge in [0.15, 0.2) is 0 Å². The minimum Gasteiger partial charge on any atom is -0.495 e. The summed E-state index contributed by atoms with van der Waals surface area (Å²) in [5.41, 5.74) is 1.19. The molecular weight excluding hydrogens is 200 g/mol. The van der Waals surface area contributed by atoms with E-state index in [2.05, 4.69) is 25.6 Å². The summed E-state index contributed by atoms with van der Waals surface area (Å²) in [7, 11) is 1.70. The number of ether oxygens (including phenoxy) is 1. The largest absolute Gasteiger partial charge is 0.495 e. The first-order chi connectivity index (χ1) is 6.24. The Balaban J connectivity index is 2.85. The fourth-order valence-corrected chi connectivity index (χ4v) is 2.56. The van der Waals surface area contributed by atoms with Crippen LogP contribution in [0.4, 0.5) is 0 Å². The molecule has 1 aromatic carbocycles. The fourth-order valence-electron chi connectivity index (χ4n) is 1.41. The molecule has 0 amide bonds. The average molecular weight is 210 g/mol. The van der Waals surface area contributed by atoms with E-state index in [1.165, 1.54) is 15.6 Å². The van der Waals surface area contributed by atoms with Gasteiger partial charge in [0, 0.05) is 20.4 Å². The first-order valence-electron chi connectivity index (χ1n) is 3.98. The van der Waals surface area contributed by atoms with Crippen molar-refractivity contribution >= 4 is 34.1 Å². The van der Waals surface area contributed by atoms with E-state index in [4.69, 9.17) is 4.74 Å². The van der Waals surface area contributed by atoms with Crippen molar-refractivity contribution in [2.24, 2.45) is 0 Å². The molecule has 0 spiro atoms. The molecule has 0 aliphatic rings. The van der Waals surface area contributed by atoms with E-state index in [1.807, 2.05) is 11.4 Å². The monoisotopic (exact) mass is 210 g/mol. The summed E-state index contributed by atoms with van der Waals surface area (Å²) < 4.78 is 6.54. The van der Waals surface area contributed by atoms with Gasteiger partial charge in [-0.3, -0.25) is 0 Å². The van der Waals surface area contributed by atoms with Gasteiger partial charge in [0.25, 0.3) is 0 Å². The zero-order valence-electron chi connectivity index (χ0n) is 7.50. The number of thiol groups is 1. The highest BCUT2D eigenvalue weighted by molar-refractivity contribution is 7.80. The molecule has 0 atom stereocenters. The molecule has 13 heavy (non-hydrogen) atoms. The van der Waals surface area contributed by atoms with Crippen LogP contribution in [0.3, 0.4) is 0 Å². The van der Waals surface area contributed by atoms with E-state index in [0.717, 1.165) is 10.6 Å². The van der Waals surface area contributed by atoms with Crippen LogP contribution in [0.15, 0.2) is 22.4 Å². The first-order valence-corrected chi connectivity index (χ1v) is 5.30. The second-order valence-electron chi connectivity index (χ2n) is 2.89. The lowest BCUT2D eigenvalue weighted by atomic mass is 10.1. The normalized spacial score (nSPS) is 10.7. The molecule has 0 aliphatic carbocycles. The quantitative estimate of drug-likeness (QED) is 0.709. The lowest BCUT2D eigenvalue weighted by molar-refractivity contribution is 0.421. The van der Waals surface area contributed by atoms with Gasteiger partial charge in [0.05, 0.1) is 7.11 Å². The highest BCUT2D eigenvalue weighted by Crippen LogP contribution is 2.36. The number of hydrogen-bond donors (Lipinski definition) is 1. The third-order valence-electron chi connectivity index (χ3n) is 2.16. The molecule has 2 rings (SSSR count). The molecule has 0 radical (unpaired) electrons. The van der Waals surface area contributed by atoms with E-state index in [9.17, 15) is 0 Å². The van der Waals surface area contributed by atoms with Gasteiger partial charge >= 0.3 is 0 Å². The highest BCUT2D eigenvalue weighted by atomic mass is 32.1. The third-order valence-corrected chi connectivity index (χ3v) is 3.57. The molecule has 68 valence electrons. The summed E-state index contributed by atoms with van der Waals surface area (Å²) in [5.74, 6) is 0.952. The minimum absolute atomic E-state index is 0.952. The van der Waals surface area contributed by atoms with Crippen LogP contribution >= 0.6 is 24.0 Å². The Hall–Kier alpha value is -0.670. The zero-order valence-corrected chi connectivity index (χ0v) is 9.21. The maximum absolute atomic E-state index is 5.28. The maximum atomic E-state index is 5.28. The molecule has 1 aromatic heterocycles. The summed E-state index contributed by atoms with van der Waals surface area (Å²) in [6.45, 7) is 2.07. The molecule has 1 nitrogen and oxygen atoms in total. The summed E-state index contributed by atoms with van der Waals surface area (Å²) in [6, 6.07) is 4.11. The number of thiophene rings is 1. The Kier molecular flexibility index (Phi) is 2.22. The highest BCUT2D eigenvalue weighted by Gasteiger charge is 2.08. The van der Waals surface area contributed by atoms with Crippen molar-refractivity contribution in [2.45, 2.75) is 11.8 Å². The van der Waals surface area contributed by atoms with Crippen LogP contribution in [0.5, 0.6) is 5.75 Å². The van der Waals surface area contributed by atoms with Crippen molar-refractivity contribution in [3.8, 4) is 5.75 Å². The number of fused-ring (bicyclic) bond motifs is 1. The molecule has 3 heteroatoms. The minimum atomic E-state index is 0.952. The predicted octanol–water partition coefficient (Wildman–Crippen LogP) is 3.51. The van der Waals surface area contributed by atoms with Gasteiger partial charge < -0.3 is 4.74 Å². The molecule has 1 heterocycles. The maximum Gasteiger partial charge on any atom is 0.137 e. The van der Waals surface area contributed by atoms with Gasteiger partial charge in [-0.05, 0) is 24.6 Å². The van der Waals surface area contributed by atoms with Gasteiger partial charge in [-0.25, -0.2) is 0 Å². The van der Waals surface area contributed by atoms with E-state index in [-0.39, 0.29) is 0 Å². The Morgan fingerprint density at radius 2 is 2.15 bits per heavy atom. The Labute approximate surface area is 86.8 Å². The molecule has 0 aliphatic heterocycles. The van der Waals surface area contributed by atoms with Crippen LogP contribution < -0.4 is 4.74 Å². The van der Waals surface area contributed by atoms with Gasteiger partial charge in [-0.2, -0.15) is 0 Å². The van der Waals surface area contributed by atoms with Crippen molar-refractivity contribution in [3.05, 3.63) is 23.1 Å². The van der Waals surface area contributed by atoms with Crippen LogP contribution in [-0.2, 0) is 0 Å². The number of hydrogen-bond acceptors (Lipinski definition) is 3. The van der Waals surface area contributed by atoms with Crippen molar-refractivity contribution in [1.82, 2.24) is 0 Å². The number of methoxy groups -OCH3 is 1. The van der Waals surface area contributed by atoms with E-state index in [0.29, 0.717) is 0 Å². The van der Waals surface area contributed by atoms with Crippen LogP contribution in [0.25, 0.3) is 10.1 Å². The molecule has 0 unspecified atom stereocenters. The van der Waals surface area contributed by atoms with Crippen LogP contribution in [-0.4, -0.2) is 7.11 Å². The molecule has 2 aromatic rings. The van der Waals surface area contributed by atoms with E-state index >= 15 is 0 Å². The third kappa shape index (κ3) is 1.32. The predicted molar refractivity (Wildman–Crippen MR) is 60.4 cm³/mol. The van der Waals surface area contributed by atoms with Gasteiger partial charge in [0.2, 0.25) is 0 Å². The molecule has 0 bridgehead atoms. The van der Waals surface area contributed by atoms with Crippen LogP contribution in [0.2, 0.25) is 0 Å². The zero-order chi connectivity index (χ0) is 9.42. The van der Waals surface area contributed by atoms with Gasteiger partial charge in [0.1, 0.15) is 5.75 Å². The molecule has 0 fully saturated rings. The topological polar surface area (TPSA) is 9.23 Å².